The van der Waals surface area contributed by atoms with Gasteiger partial charge < -0.3 is 14.2 Å². The van der Waals surface area contributed by atoms with Gasteiger partial charge in [-0.05, 0) is 74.0 Å². The lowest BCUT2D eigenvalue weighted by Gasteiger charge is -2.13. The Morgan fingerprint density at radius 3 is 2.27 bits per heavy atom. The lowest BCUT2D eigenvalue weighted by atomic mass is 10.2. The van der Waals surface area contributed by atoms with Crippen LogP contribution in [0.4, 0.5) is 5.69 Å². The minimum atomic E-state index is 0.315. The number of rotatable bonds is 9. The monoisotopic (exact) mass is 443 g/mol. The van der Waals surface area contributed by atoms with Gasteiger partial charge in [-0.2, -0.15) is 0 Å². The Morgan fingerprint density at radius 2 is 1.57 bits per heavy atom. The second-order valence-corrected chi connectivity index (χ2v) is 7.19. The Hall–Kier alpha value is -2.69. The average molecular weight is 444 g/mol. The number of aliphatic imine (C=N–C) groups is 1. The summed E-state index contributed by atoms with van der Waals surface area (Å²) in [5.41, 5.74) is 2.60. The normalized spacial score (nSPS) is 10.9. The maximum atomic E-state index is 6.23. The summed E-state index contributed by atoms with van der Waals surface area (Å²) >= 11 is 12.2. The zero-order valence-corrected chi connectivity index (χ0v) is 18.4. The summed E-state index contributed by atoms with van der Waals surface area (Å²) in [6, 6.07) is 18.7. The Kier molecular flexibility index (Phi) is 8.00. The molecule has 30 heavy (non-hydrogen) atoms. The maximum absolute atomic E-state index is 6.23. The predicted octanol–water partition coefficient (Wildman–Crippen LogP) is 7.12. The fourth-order valence-corrected chi connectivity index (χ4v) is 3.19. The van der Waals surface area contributed by atoms with E-state index in [1.165, 1.54) is 0 Å². The van der Waals surface area contributed by atoms with E-state index in [2.05, 4.69) is 4.99 Å². The lowest BCUT2D eigenvalue weighted by molar-refractivity contribution is 0.269. The van der Waals surface area contributed by atoms with Crippen molar-refractivity contribution in [2.45, 2.75) is 20.5 Å². The third-order valence-corrected chi connectivity index (χ3v) is 4.76. The SMILES string of the molecule is CCOc1ccc(N=Cc2ccc(OCc3ccc(Cl)cc3Cl)c(OCC)c2)cc1. The molecular weight excluding hydrogens is 421 g/mol. The van der Waals surface area contributed by atoms with Crippen LogP contribution >= 0.6 is 23.2 Å². The van der Waals surface area contributed by atoms with Crippen molar-refractivity contribution in [1.82, 2.24) is 0 Å². The van der Waals surface area contributed by atoms with Crippen LogP contribution < -0.4 is 14.2 Å². The Morgan fingerprint density at radius 1 is 0.800 bits per heavy atom. The van der Waals surface area contributed by atoms with E-state index in [1.807, 2.05) is 62.4 Å². The van der Waals surface area contributed by atoms with Crippen LogP contribution in [0.2, 0.25) is 10.0 Å². The molecule has 0 amide bonds. The van der Waals surface area contributed by atoms with Crippen LogP contribution in [0, 0.1) is 0 Å². The van der Waals surface area contributed by atoms with Gasteiger partial charge >= 0.3 is 0 Å². The van der Waals surface area contributed by atoms with Crippen molar-refractivity contribution in [3.63, 3.8) is 0 Å². The Labute approximate surface area is 187 Å². The molecule has 0 aliphatic heterocycles. The standard InChI is InChI=1S/C24H23Cl2NO3/c1-3-28-21-10-8-20(9-11-21)27-15-17-5-12-23(24(13-17)29-4-2)30-16-18-6-7-19(25)14-22(18)26/h5-15H,3-4,16H2,1-2H3. The van der Waals surface area contributed by atoms with Crippen LogP contribution in [0.3, 0.4) is 0 Å². The lowest BCUT2D eigenvalue weighted by Crippen LogP contribution is -2.01. The number of ether oxygens (including phenoxy) is 3. The second-order valence-electron chi connectivity index (χ2n) is 6.35. The minimum Gasteiger partial charge on any atom is -0.494 e. The van der Waals surface area contributed by atoms with Gasteiger partial charge in [-0.3, -0.25) is 4.99 Å². The first-order chi connectivity index (χ1) is 14.6. The van der Waals surface area contributed by atoms with E-state index >= 15 is 0 Å². The Bertz CT molecular complexity index is 1000. The van der Waals surface area contributed by atoms with Gasteiger partial charge in [0.15, 0.2) is 11.5 Å². The summed E-state index contributed by atoms with van der Waals surface area (Å²) in [4.78, 5) is 4.52. The first kappa shape index (κ1) is 22.0. The van der Waals surface area contributed by atoms with E-state index < -0.39 is 0 Å². The number of hydrogen-bond donors (Lipinski definition) is 0. The van der Waals surface area contributed by atoms with Crippen LogP contribution in [0.15, 0.2) is 65.7 Å². The van der Waals surface area contributed by atoms with Gasteiger partial charge in [0.2, 0.25) is 0 Å². The molecule has 4 nitrogen and oxygen atoms in total. The van der Waals surface area contributed by atoms with Crippen LogP contribution in [0.25, 0.3) is 0 Å². The highest BCUT2D eigenvalue weighted by molar-refractivity contribution is 6.35. The van der Waals surface area contributed by atoms with Crippen molar-refractivity contribution in [1.29, 1.82) is 0 Å². The van der Waals surface area contributed by atoms with E-state index in [0.717, 1.165) is 22.6 Å². The van der Waals surface area contributed by atoms with Crippen LogP contribution in [-0.2, 0) is 6.61 Å². The molecule has 3 aromatic rings. The highest BCUT2D eigenvalue weighted by Crippen LogP contribution is 2.30. The van der Waals surface area contributed by atoms with Crippen molar-refractivity contribution in [2.24, 2.45) is 4.99 Å². The highest BCUT2D eigenvalue weighted by atomic mass is 35.5. The second kappa shape index (κ2) is 10.9. The molecule has 0 unspecified atom stereocenters. The molecule has 0 fully saturated rings. The molecule has 0 saturated carbocycles. The number of halogens is 2. The largest absolute Gasteiger partial charge is 0.494 e. The van der Waals surface area contributed by atoms with Crippen molar-refractivity contribution in [3.8, 4) is 17.2 Å². The fraction of sp³-hybridized carbons (Fsp3) is 0.208. The van der Waals surface area contributed by atoms with E-state index in [-0.39, 0.29) is 0 Å². The summed E-state index contributed by atoms with van der Waals surface area (Å²) < 4.78 is 17.1. The quantitative estimate of drug-likeness (QED) is 0.330. The van der Waals surface area contributed by atoms with E-state index in [9.17, 15) is 0 Å². The molecule has 0 aromatic heterocycles. The summed E-state index contributed by atoms with van der Waals surface area (Å²) in [5, 5.41) is 1.16. The molecule has 3 rings (SSSR count). The summed E-state index contributed by atoms with van der Waals surface area (Å²) in [7, 11) is 0. The van der Waals surface area contributed by atoms with Gasteiger partial charge in [0.25, 0.3) is 0 Å². The third-order valence-electron chi connectivity index (χ3n) is 4.18. The zero-order chi connectivity index (χ0) is 21.3. The van der Waals surface area contributed by atoms with E-state index in [1.54, 1.807) is 18.3 Å². The smallest absolute Gasteiger partial charge is 0.161 e. The molecule has 0 heterocycles. The molecular formula is C24H23Cl2NO3. The predicted molar refractivity (Wildman–Crippen MR) is 123 cm³/mol. The molecule has 0 bridgehead atoms. The van der Waals surface area contributed by atoms with Gasteiger partial charge in [0.05, 0.1) is 18.9 Å². The molecule has 6 heteroatoms. The van der Waals surface area contributed by atoms with Crippen molar-refractivity contribution < 1.29 is 14.2 Å². The van der Waals surface area contributed by atoms with Gasteiger partial charge in [0.1, 0.15) is 12.4 Å². The molecule has 0 spiro atoms. The van der Waals surface area contributed by atoms with E-state index in [0.29, 0.717) is 41.4 Å². The topological polar surface area (TPSA) is 40.0 Å². The van der Waals surface area contributed by atoms with Gasteiger partial charge in [-0.25, -0.2) is 0 Å². The maximum Gasteiger partial charge on any atom is 0.161 e. The summed E-state index contributed by atoms with van der Waals surface area (Å²) in [5.74, 6) is 2.12. The Balaban J connectivity index is 1.72. The fourth-order valence-electron chi connectivity index (χ4n) is 2.73. The van der Waals surface area contributed by atoms with Crippen LogP contribution in [-0.4, -0.2) is 19.4 Å². The van der Waals surface area contributed by atoms with E-state index in [4.69, 9.17) is 37.4 Å². The molecule has 0 radical (unpaired) electrons. The molecule has 0 aliphatic carbocycles. The van der Waals surface area contributed by atoms with Crippen LogP contribution in [0.1, 0.15) is 25.0 Å². The van der Waals surface area contributed by atoms with Crippen molar-refractivity contribution >= 4 is 35.1 Å². The van der Waals surface area contributed by atoms with Gasteiger partial charge in [-0.1, -0.05) is 29.3 Å². The first-order valence-electron chi connectivity index (χ1n) is 9.69. The molecule has 0 N–H and O–H groups in total. The molecule has 3 aromatic carbocycles. The molecule has 156 valence electrons. The highest BCUT2D eigenvalue weighted by Gasteiger charge is 2.08. The summed E-state index contributed by atoms with van der Waals surface area (Å²) in [6.07, 6.45) is 1.79. The average Bonchev–Trinajstić information content (AvgIpc) is 2.74. The number of benzene rings is 3. The number of nitrogens with zero attached hydrogens (tertiary/aromatic N) is 1. The summed E-state index contributed by atoms with van der Waals surface area (Å²) in [6.45, 7) is 5.37. The van der Waals surface area contributed by atoms with Gasteiger partial charge in [0, 0.05) is 21.8 Å². The first-order valence-corrected chi connectivity index (χ1v) is 10.4. The molecule has 0 atom stereocenters. The van der Waals surface area contributed by atoms with Crippen molar-refractivity contribution in [2.75, 3.05) is 13.2 Å². The van der Waals surface area contributed by atoms with Crippen molar-refractivity contribution in [3.05, 3.63) is 81.8 Å². The zero-order valence-electron chi connectivity index (χ0n) is 16.9. The van der Waals surface area contributed by atoms with Gasteiger partial charge in [-0.15, -0.1) is 0 Å². The third kappa shape index (κ3) is 6.15. The van der Waals surface area contributed by atoms with Crippen LogP contribution in [0.5, 0.6) is 17.2 Å². The molecule has 0 aliphatic rings. The minimum absolute atomic E-state index is 0.315. The number of hydrogen-bond acceptors (Lipinski definition) is 4. The molecule has 0 saturated heterocycles.